The van der Waals surface area contributed by atoms with Gasteiger partial charge in [-0.2, -0.15) is 5.10 Å². The minimum Gasteiger partial charge on any atom is -0.493 e. The molecule has 210 valence electrons. The summed E-state index contributed by atoms with van der Waals surface area (Å²) in [5.74, 6) is 3.43. The second kappa shape index (κ2) is 11.1. The third kappa shape index (κ3) is 4.63. The molecule has 40 heavy (non-hydrogen) atoms. The maximum atomic E-state index is 14.1. The Morgan fingerprint density at radius 1 is 0.750 bits per heavy atom. The molecule has 0 aromatic heterocycles. The first kappa shape index (κ1) is 26.8. The Kier molecular flexibility index (Phi) is 7.45. The molecule has 0 saturated heterocycles. The van der Waals surface area contributed by atoms with Crippen molar-refractivity contribution in [3.05, 3.63) is 59.2 Å². The highest BCUT2D eigenvalue weighted by Crippen LogP contribution is 2.44. The Bertz CT molecular complexity index is 1420. The number of benzene rings is 3. The number of carbonyl (C=O) groups is 1. The smallest absolute Gasteiger partial charge is 0.274 e. The molecule has 0 spiro atoms. The van der Waals surface area contributed by atoms with E-state index < -0.39 is 6.04 Å². The Morgan fingerprint density at radius 2 is 1.30 bits per heavy atom. The highest BCUT2D eigenvalue weighted by Gasteiger charge is 2.36. The molecule has 11 heteroatoms. The van der Waals surface area contributed by atoms with Crippen molar-refractivity contribution in [2.75, 3.05) is 49.5 Å². The van der Waals surface area contributed by atoms with Crippen LogP contribution in [0.15, 0.2) is 47.6 Å². The van der Waals surface area contributed by atoms with E-state index in [4.69, 9.17) is 43.0 Å². The molecule has 5 rings (SSSR count). The molecule has 0 radical (unpaired) electrons. The Balaban J connectivity index is 1.61. The van der Waals surface area contributed by atoms with Gasteiger partial charge in [0.2, 0.25) is 18.3 Å². The van der Waals surface area contributed by atoms with Crippen LogP contribution in [0.25, 0.3) is 0 Å². The molecule has 0 fully saturated rings. The molecule has 2 aliphatic rings. The number of ether oxygens (including phenoxy) is 8. The van der Waals surface area contributed by atoms with Gasteiger partial charge in [0.25, 0.3) is 5.91 Å². The summed E-state index contributed by atoms with van der Waals surface area (Å²) in [6, 6.07) is 12.0. The van der Waals surface area contributed by atoms with Crippen molar-refractivity contribution < 1.29 is 42.7 Å². The van der Waals surface area contributed by atoms with Gasteiger partial charge in [0.15, 0.2) is 34.5 Å². The van der Waals surface area contributed by atoms with Crippen molar-refractivity contribution in [2.45, 2.75) is 12.5 Å². The lowest BCUT2D eigenvalue weighted by Gasteiger charge is -2.23. The number of amides is 1. The zero-order valence-corrected chi connectivity index (χ0v) is 23.1. The van der Waals surface area contributed by atoms with Gasteiger partial charge in [-0.25, -0.2) is 5.01 Å². The molecule has 0 aliphatic carbocycles. The number of fused-ring (bicyclic) bond motifs is 1. The molecule has 1 amide bonds. The minimum absolute atomic E-state index is 0.144. The van der Waals surface area contributed by atoms with E-state index in [0.717, 1.165) is 11.1 Å². The fourth-order valence-electron chi connectivity index (χ4n) is 4.84. The quantitative estimate of drug-likeness (QED) is 0.382. The minimum atomic E-state index is -0.449. The summed E-state index contributed by atoms with van der Waals surface area (Å²) in [7, 11) is 9.14. The van der Waals surface area contributed by atoms with Crippen molar-refractivity contribution in [2.24, 2.45) is 5.10 Å². The number of hydrogen-bond acceptors (Lipinski definition) is 10. The van der Waals surface area contributed by atoms with Gasteiger partial charge in [-0.05, 0) is 42.0 Å². The normalized spacial score (nSPS) is 15.4. The van der Waals surface area contributed by atoms with Gasteiger partial charge >= 0.3 is 0 Å². The molecular weight excluding hydrogens is 520 g/mol. The summed E-state index contributed by atoms with van der Waals surface area (Å²) >= 11 is 0. The van der Waals surface area contributed by atoms with Gasteiger partial charge in [0, 0.05) is 17.5 Å². The van der Waals surface area contributed by atoms with Crippen LogP contribution in [-0.2, 0) is 0 Å². The van der Waals surface area contributed by atoms with Gasteiger partial charge < -0.3 is 37.9 Å². The number of carbonyl (C=O) groups excluding carboxylic acids is 1. The first-order chi connectivity index (χ1) is 19.5. The van der Waals surface area contributed by atoms with Crippen molar-refractivity contribution >= 4 is 11.6 Å². The summed E-state index contributed by atoms with van der Waals surface area (Å²) in [5, 5.41) is 6.26. The predicted molar refractivity (Wildman–Crippen MR) is 145 cm³/mol. The molecule has 0 saturated carbocycles. The van der Waals surface area contributed by atoms with Crippen LogP contribution in [0.1, 0.15) is 33.9 Å². The molecule has 0 bridgehead atoms. The fourth-order valence-corrected chi connectivity index (χ4v) is 4.84. The molecule has 3 aromatic rings. The summed E-state index contributed by atoms with van der Waals surface area (Å²) < 4.78 is 44.0. The van der Waals surface area contributed by atoms with E-state index in [1.807, 2.05) is 30.3 Å². The van der Waals surface area contributed by atoms with Crippen LogP contribution in [0.4, 0.5) is 0 Å². The monoisotopic (exact) mass is 550 g/mol. The molecule has 2 aliphatic heterocycles. The number of hydrazone groups is 1. The van der Waals surface area contributed by atoms with Crippen molar-refractivity contribution in [1.82, 2.24) is 5.01 Å². The lowest BCUT2D eigenvalue weighted by atomic mass is 9.97. The first-order valence-corrected chi connectivity index (χ1v) is 12.4. The highest BCUT2D eigenvalue weighted by atomic mass is 16.7. The zero-order valence-electron chi connectivity index (χ0n) is 23.1. The van der Waals surface area contributed by atoms with Crippen molar-refractivity contribution in [3.63, 3.8) is 0 Å². The summed E-state index contributed by atoms with van der Waals surface area (Å²) in [5.41, 5.74) is 2.52. The molecular formula is C29H30N2O9. The van der Waals surface area contributed by atoms with E-state index in [0.29, 0.717) is 63.7 Å². The fraction of sp³-hybridized carbons (Fsp3) is 0.310. The van der Waals surface area contributed by atoms with Crippen LogP contribution in [0.5, 0.6) is 46.0 Å². The van der Waals surface area contributed by atoms with Gasteiger partial charge in [-0.15, -0.1) is 0 Å². The van der Waals surface area contributed by atoms with Crippen LogP contribution >= 0.6 is 0 Å². The standard InChI is InChI=1S/C29H30N2O9/c1-33-23-10-17(11-24(34-2)27(23)37-5)19-14-20(16-7-8-21-22(9-16)40-15-39-21)31(30-19)29(32)18-12-25(35-3)28(38-6)26(13-18)36-4/h7-13,20H,14-15H2,1-6H3. The third-order valence-corrected chi connectivity index (χ3v) is 6.81. The molecule has 2 heterocycles. The molecule has 1 atom stereocenters. The van der Waals surface area contributed by atoms with Gasteiger partial charge in [0.05, 0.1) is 54.4 Å². The average molecular weight is 551 g/mol. The highest BCUT2D eigenvalue weighted by molar-refractivity contribution is 6.06. The van der Waals surface area contributed by atoms with Crippen molar-refractivity contribution in [3.8, 4) is 46.0 Å². The van der Waals surface area contributed by atoms with Gasteiger partial charge in [0.1, 0.15) is 0 Å². The third-order valence-electron chi connectivity index (χ3n) is 6.81. The van der Waals surface area contributed by atoms with Crippen LogP contribution in [0, 0.1) is 0 Å². The van der Waals surface area contributed by atoms with E-state index in [-0.39, 0.29) is 12.7 Å². The molecule has 11 nitrogen and oxygen atoms in total. The maximum Gasteiger partial charge on any atom is 0.274 e. The van der Waals surface area contributed by atoms with Crippen LogP contribution in [-0.4, -0.2) is 66.1 Å². The second-order valence-electron chi connectivity index (χ2n) is 8.86. The topological polar surface area (TPSA) is 107 Å². The second-order valence-corrected chi connectivity index (χ2v) is 8.86. The number of hydrogen-bond donors (Lipinski definition) is 0. The summed E-state index contributed by atoms with van der Waals surface area (Å²) in [6.07, 6.45) is 0.411. The first-order valence-electron chi connectivity index (χ1n) is 12.4. The van der Waals surface area contributed by atoms with E-state index >= 15 is 0 Å². The van der Waals surface area contributed by atoms with Gasteiger partial charge in [-0.3, -0.25) is 4.79 Å². The largest absolute Gasteiger partial charge is 0.493 e. The number of rotatable bonds is 9. The summed E-state index contributed by atoms with van der Waals surface area (Å²) in [6.45, 7) is 0.144. The predicted octanol–water partition coefficient (Wildman–Crippen LogP) is 4.46. The van der Waals surface area contributed by atoms with Gasteiger partial charge in [-0.1, -0.05) is 6.07 Å². The Labute approximate surface area is 231 Å². The van der Waals surface area contributed by atoms with Crippen LogP contribution in [0.3, 0.4) is 0 Å². The van der Waals surface area contributed by atoms with E-state index in [1.165, 1.54) is 26.3 Å². The van der Waals surface area contributed by atoms with Crippen LogP contribution in [0.2, 0.25) is 0 Å². The maximum absolute atomic E-state index is 14.1. The Morgan fingerprint density at radius 3 is 1.85 bits per heavy atom. The number of methoxy groups -OCH3 is 6. The number of nitrogens with zero attached hydrogens (tertiary/aromatic N) is 2. The zero-order chi connectivity index (χ0) is 28.4. The molecule has 3 aromatic carbocycles. The molecule has 1 unspecified atom stereocenters. The summed E-state index contributed by atoms with van der Waals surface area (Å²) in [4.78, 5) is 14.1. The average Bonchev–Trinajstić information content (AvgIpc) is 3.66. The SMILES string of the molecule is COc1cc(C(=O)N2N=C(c3cc(OC)c(OC)c(OC)c3)CC2c2ccc3c(c2)OCO3)cc(OC)c1OC. The van der Waals surface area contributed by atoms with Crippen LogP contribution < -0.4 is 37.9 Å². The van der Waals surface area contributed by atoms with E-state index in [2.05, 4.69) is 0 Å². The lowest BCUT2D eigenvalue weighted by Crippen LogP contribution is -2.27. The van der Waals surface area contributed by atoms with E-state index in [9.17, 15) is 4.79 Å². The van der Waals surface area contributed by atoms with Crippen molar-refractivity contribution in [1.29, 1.82) is 0 Å². The molecule has 0 N–H and O–H groups in total. The Hall–Kier alpha value is -4.80. The lowest BCUT2D eigenvalue weighted by molar-refractivity contribution is 0.0710. The van der Waals surface area contributed by atoms with E-state index in [1.54, 1.807) is 33.5 Å².